The molecule has 0 heteroatoms. The Hall–Kier alpha value is -1.30. The average molecular weight is 212 g/mol. The second-order valence-electron chi connectivity index (χ2n) is 4.37. The van der Waals surface area contributed by atoms with Gasteiger partial charge in [-0.1, -0.05) is 64.1 Å². The van der Waals surface area contributed by atoms with Crippen molar-refractivity contribution in [1.29, 1.82) is 0 Å². The highest BCUT2D eigenvalue weighted by molar-refractivity contribution is 5.92. The molecule has 2 aromatic rings. The van der Waals surface area contributed by atoms with Crippen molar-refractivity contribution in [2.24, 2.45) is 0 Å². The van der Waals surface area contributed by atoms with Crippen LogP contribution in [0.1, 0.15) is 50.7 Å². The van der Waals surface area contributed by atoms with E-state index in [9.17, 15) is 0 Å². The van der Waals surface area contributed by atoms with Crippen molar-refractivity contribution in [3.05, 3.63) is 47.5 Å². The zero-order chi connectivity index (χ0) is 11.7. The van der Waals surface area contributed by atoms with E-state index in [1.807, 2.05) is 13.8 Å². The summed E-state index contributed by atoms with van der Waals surface area (Å²) in [6.45, 7) is 8.67. The van der Waals surface area contributed by atoms with Gasteiger partial charge < -0.3 is 0 Å². The first-order valence-electron chi connectivity index (χ1n) is 6.30. The zero-order valence-corrected chi connectivity index (χ0v) is 10.6. The van der Waals surface area contributed by atoms with Crippen LogP contribution in [0.5, 0.6) is 0 Å². The molecule has 0 aliphatic heterocycles. The molecule has 0 amide bonds. The molecule has 0 aromatic heterocycles. The lowest BCUT2D eigenvalue weighted by atomic mass is 9.94. The van der Waals surface area contributed by atoms with E-state index in [1.54, 1.807) is 0 Å². The van der Waals surface area contributed by atoms with Crippen LogP contribution in [-0.2, 0) is 0 Å². The van der Waals surface area contributed by atoms with Crippen molar-refractivity contribution in [3.8, 4) is 0 Å². The first kappa shape index (κ1) is 11.2. The maximum absolute atomic E-state index is 2.33. The van der Waals surface area contributed by atoms with Crippen LogP contribution >= 0.6 is 0 Å². The smallest absolute Gasteiger partial charge is 0.0114 e. The molecule has 84 valence electrons. The third kappa shape index (κ3) is 1.44. The molecule has 16 heavy (non-hydrogen) atoms. The topological polar surface area (TPSA) is 0 Å². The van der Waals surface area contributed by atoms with E-state index < -0.39 is 0 Å². The van der Waals surface area contributed by atoms with E-state index in [2.05, 4.69) is 50.2 Å². The SMILES string of the molecule is CC.CC1c2cccc3cccc(c23)C1C. The highest BCUT2D eigenvalue weighted by Gasteiger charge is 2.27. The van der Waals surface area contributed by atoms with Gasteiger partial charge in [0.05, 0.1) is 0 Å². The lowest BCUT2D eigenvalue weighted by molar-refractivity contribution is 0.655. The van der Waals surface area contributed by atoms with E-state index >= 15 is 0 Å². The molecule has 1 aliphatic carbocycles. The predicted molar refractivity (Wildman–Crippen MR) is 72.1 cm³/mol. The monoisotopic (exact) mass is 212 g/mol. The fraction of sp³-hybridized carbons (Fsp3) is 0.375. The predicted octanol–water partition coefficient (Wildman–Crippen LogP) is 5.09. The zero-order valence-electron chi connectivity index (χ0n) is 10.6. The normalized spacial score (nSPS) is 21.8. The van der Waals surface area contributed by atoms with Crippen molar-refractivity contribution in [2.45, 2.75) is 39.5 Å². The van der Waals surface area contributed by atoms with Crippen LogP contribution in [0, 0.1) is 0 Å². The molecule has 0 bridgehead atoms. The summed E-state index contributed by atoms with van der Waals surface area (Å²) in [7, 11) is 0. The molecule has 0 nitrogen and oxygen atoms in total. The van der Waals surface area contributed by atoms with E-state index in [4.69, 9.17) is 0 Å². The van der Waals surface area contributed by atoms with Crippen LogP contribution in [0.4, 0.5) is 0 Å². The van der Waals surface area contributed by atoms with Crippen molar-refractivity contribution in [3.63, 3.8) is 0 Å². The quantitative estimate of drug-likeness (QED) is 0.571. The fourth-order valence-electron chi connectivity index (χ4n) is 2.70. The number of hydrogen-bond donors (Lipinski definition) is 0. The molecular weight excluding hydrogens is 192 g/mol. The highest BCUT2D eigenvalue weighted by atomic mass is 14.3. The minimum absolute atomic E-state index is 0.677. The summed E-state index contributed by atoms with van der Waals surface area (Å²) in [5.74, 6) is 1.35. The molecule has 1 aliphatic rings. The van der Waals surface area contributed by atoms with Crippen molar-refractivity contribution < 1.29 is 0 Å². The highest BCUT2D eigenvalue weighted by Crippen LogP contribution is 2.45. The Kier molecular flexibility index (Phi) is 3.00. The minimum atomic E-state index is 0.677. The maximum atomic E-state index is 2.33. The first-order chi connectivity index (χ1) is 7.79. The van der Waals surface area contributed by atoms with Crippen LogP contribution in [0.15, 0.2) is 36.4 Å². The van der Waals surface area contributed by atoms with E-state index in [0.717, 1.165) is 0 Å². The molecule has 0 heterocycles. The lowest BCUT2D eigenvalue weighted by Gasteiger charge is -2.10. The van der Waals surface area contributed by atoms with Gasteiger partial charge in [0.2, 0.25) is 0 Å². The molecule has 0 saturated carbocycles. The van der Waals surface area contributed by atoms with Gasteiger partial charge in [-0.25, -0.2) is 0 Å². The van der Waals surface area contributed by atoms with Gasteiger partial charge in [-0.3, -0.25) is 0 Å². The Bertz CT molecular complexity index is 454. The first-order valence-corrected chi connectivity index (χ1v) is 6.30. The minimum Gasteiger partial charge on any atom is -0.0683 e. The molecule has 2 atom stereocenters. The Morgan fingerprint density at radius 2 is 1.19 bits per heavy atom. The van der Waals surface area contributed by atoms with Crippen LogP contribution in [0.2, 0.25) is 0 Å². The Morgan fingerprint density at radius 3 is 1.62 bits per heavy atom. The van der Waals surface area contributed by atoms with E-state index in [0.29, 0.717) is 11.8 Å². The summed E-state index contributed by atoms with van der Waals surface area (Å²) in [4.78, 5) is 0. The Morgan fingerprint density at radius 1 is 0.750 bits per heavy atom. The van der Waals surface area contributed by atoms with Gasteiger partial charge in [0, 0.05) is 0 Å². The molecule has 0 saturated heterocycles. The molecular formula is C16H20. The largest absolute Gasteiger partial charge is 0.0683 e. The van der Waals surface area contributed by atoms with Gasteiger partial charge in [0.25, 0.3) is 0 Å². The van der Waals surface area contributed by atoms with Crippen molar-refractivity contribution >= 4 is 10.8 Å². The second-order valence-corrected chi connectivity index (χ2v) is 4.37. The van der Waals surface area contributed by atoms with Gasteiger partial charge >= 0.3 is 0 Å². The molecule has 0 radical (unpaired) electrons. The maximum Gasteiger partial charge on any atom is -0.0114 e. The molecule has 0 spiro atoms. The summed E-state index contributed by atoms with van der Waals surface area (Å²) < 4.78 is 0. The van der Waals surface area contributed by atoms with Gasteiger partial charge in [-0.2, -0.15) is 0 Å². The fourth-order valence-corrected chi connectivity index (χ4v) is 2.70. The summed E-state index contributed by atoms with van der Waals surface area (Å²) in [6, 6.07) is 13.3. The molecule has 0 N–H and O–H groups in total. The summed E-state index contributed by atoms with van der Waals surface area (Å²) in [6.07, 6.45) is 0. The van der Waals surface area contributed by atoms with Crippen LogP contribution in [-0.4, -0.2) is 0 Å². The molecule has 0 fully saturated rings. The summed E-state index contributed by atoms with van der Waals surface area (Å²) >= 11 is 0. The van der Waals surface area contributed by atoms with E-state index in [1.165, 1.54) is 21.9 Å². The third-order valence-corrected chi connectivity index (χ3v) is 3.70. The third-order valence-electron chi connectivity index (χ3n) is 3.70. The van der Waals surface area contributed by atoms with Crippen molar-refractivity contribution in [2.75, 3.05) is 0 Å². The molecule has 3 rings (SSSR count). The second kappa shape index (κ2) is 4.29. The van der Waals surface area contributed by atoms with Gasteiger partial charge in [0.1, 0.15) is 0 Å². The van der Waals surface area contributed by atoms with E-state index in [-0.39, 0.29) is 0 Å². The Labute approximate surface area is 98.3 Å². The van der Waals surface area contributed by atoms with Crippen LogP contribution < -0.4 is 0 Å². The van der Waals surface area contributed by atoms with Gasteiger partial charge in [-0.15, -0.1) is 0 Å². The van der Waals surface area contributed by atoms with Gasteiger partial charge in [0.15, 0.2) is 0 Å². The summed E-state index contributed by atoms with van der Waals surface area (Å²) in [5.41, 5.74) is 3.07. The average Bonchev–Trinajstić information content (AvgIpc) is 2.60. The van der Waals surface area contributed by atoms with Crippen molar-refractivity contribution in [1.82, 2.24) is 0 Å². The molecule has 2 unspecified atom stereocenters. The van der Waals surface area contributed by atoms with Crippen LogP contribution in [0.3, 0.4) is 0 Å². The number of rotatable bonds is 0. The van der Waals surface area contributed by atoms with Gasteiger partial charge in [-0.05, 0) is 33.7 Å². The molecule has 2 aromatic carbocycles. The Balaban J connectivity index is 0.000000457. The number of benzene rings is 2. The number of hydrogen-bond acceptors (Lipinski definition) is 0. The summed E-state index contributed by atoms with van der Waals surface area (Å²) in [5, 5.41) is 2.91. The standard InChI is InChI=1S/C14H14.C2H6/c1-9-10(2)13-8-4-6-11-5-3-7-12(9)14(11)13;1-2/h3-10H,1-2H3;1-2H3. The lowest BCUT2D eigenvalue weighted by Crippen LogP contribution is -1.95. The van der Waals surface area contributed by atoms with Crippen LogP contribution in [0.25, 0.3) is 10.8 Å².